The fourth-order valence-electron chi connectivity index (χ4n) is 3.56. The molecule has 1 aliphatic heterocycles. The van der Waals surface area contributed by atoms with Gasteiger partial charge in [-0.05, 0) is 31.1 Å². The number of alkyl halides is 1. The lowest BCUT2D eigenvalue weighted by Crippen LogP contribution is -2.45. The van der Waals surface area contributed by atoms with E-state index in [9.17, 15) is 0 Å². The molecule has 2 fully saturated rings. The van der Waals surface area contributed by atoms with Crippen LogP contribution in [0.15, 0.2) is 0 Å². The maximum absolute atomic E-state index is 8.79. The van der Waals surface area contributed by atoms with Gasteiger partial charge in [-0.1, -0.05) is 35.2 Å². The van der Waals surface area contributed by atoms with Crippen LogP contribution in [0.5, 0.6) is 0 Å². The van der Waals surface area contributed by atoms with Gasteiger partial charge in [0.1, 0.15) is 0 Å². The van der Waals surface area contributed by atoms with E-state index in [0.717, 1.165) is 31.3 Å². The van der Waals surface area contributed by atoms with Crippen molar-refractivity contribution >= 4 is 15.9 Å². The van der Waals surface area contributed by atoms with Crippen LogP contribution in [0.1, 0.15) is 44.9 Å². The molecule has 2 aliphatic rings. The number of piperidine rings is 1. The molecular formula is C15H28BrNO2. The van der Waals surface area contributed by atoms with E-state index in [1.165, 1.54) is 38.6 Å². The van der Waals surface area contributed by atoms with Gasteiger partial charge in [-0.15, -0.1) is 0 Å². The first-order valence-electron chi connectivity index (χ1n) is 7.79. The van der Waals surface area contributed by atoms with Crippen molar-refractivity contribution in [3.05, 3.63) is 0 Å². The number of nitrogens with zero attached hydrogens (tertiary/aromatic N) is 1. The van der Waals surface area contributed by atoms with Crippen molar-refractivity contribution in [1.82, 2.24) is 4.90 Å². The summed E-state index contributed by atoms with van der Waals surface area (Å²) in [5, 5.41) is 9.94. The van der Waals surface area contributed by atoms with Gasteiger partial charge >= 0.3 is 0 Å². The van der Waals surface area contributed by atoms with E-state index in [4.69, 9.17) is 9.84 Å². The number of likely N-dealkylation sites (tertiary alicyclic amines) is 1. The minimum atomic E-state index is 0.146. The van der Waals surface area contributed by atoms with Crippen molar-refractivity contribution in [2.75, 3.05) is 38.2 Å². The molecule has 1 aliphatic carbocycles. The van der Waals surface area contributed by atoms with E-state index in [1.54, 1.807) is 0 Å². The Hall–Kier alpha value is 0.360. The summed E-state index contributed by atoms with van der Waals surface area (Å²) in [6.07, 6.45) is 9.62. The van der Waals surface area contributed by atoms with Crippen molar-refractivity contribution in [3.8, 4) is 0 Å². The molecular weight excluding hydrogens is 306 g/mol. The zero-order valence-electron chi connectivity index (χ0n) is 12.0. The molecule has 0 aromatic rings. The standard InChI is InChI=1S/C15H28BrNO2/c16-12-15(6-2-1-3-7-15)13-17-8-4-14(5-9-17)19-11-10-18/h14,18H,1-13H2. The average Bonchev–Trinajstić information content (AvgIpc) is 2.47. The van der Waals surface area contributed by atoms with Crippen LogP contribution >= 0.6 is 15.9 Å². The summed E-state index contributed by atoms with van der Waals surface area (Å²) < 4.78 is 5.64. The Labute approximate surface area is 125 Å². The molecule has 0 amide bonds. The fourth-order valence-corrected chi connectivity index (χ4v) is 4.30. The van der Waals surface area contributed by atoms with Gasteiger partial charge in [-0.25, -0.2) is 0 Å². The summed E-state index contributed by atoms with van der Waals surface area (Å²) in [5.41, 5.74) is 0.525. The fraction of sp³-hybridized carbons (Fsp3) is 1.00. The van der Waals surface area contributed by atoms with Crippen molar-refractivity contribution < 1.29 is 9.84 Å². The van der Waals surface area contributed by atoms with Gasteiger partial charge < -0.3 is 14.7 Å². The summed E-state index contributed by atoms with van der Waals surface area (Å²) in [7, 11) is 0. The topological polar surface area (TPSA) is 32.7 Å². The highest BCUT2D eigenvalue weighted by atomic mass is 79.9. The van der Waals surface area contributed by atoms with Gasteiger partial charge in [0.05, 0.1) is 19.3 Å². The Morgan fingerprint density at radius 1 is 1.16 bits per heavy atom. The Balaban J connectivity index is 1.74. The van der Waals surface area contributed by atoms with Crippen LogP contribution in [0.3, 0.4) is 0 Å². The molecule has 0 spiro atoms. The average molecular weight is 334 g/mol. The quantitative estimate of drug-likeness (QED) is 0.758. The number of aliphatic hydroxyl groups is 1. The highest BCUT2D eigenvalue weighted by Crippen LogP contribution is 2.39. The van der Waals surface area contributed by atoms with Gasteiger partial charge in [0.2, 0.25) is 0 Å². The lowest BCUT2D eigenvalue weighted by atomic mass is 9.75. The van der Waals surface area contributed by atoms with Crippen LogP contribution in [0.4, 0.5) is 0 Å². The van der Waals surface area contributed by atoms with E-state index in [1.807, 2.05) is 0 Å². The smallest absolute Gasteiger partial charge is 0.0701 e. The van der Waals surface area contributed by atoms with E-state index in [-0.39, 0.29) is 6.61 Å². The molecule has 19 heavy (non-hydrogen) atoms. The molecule has 0 bridgehead atoms. The Morgan fingerprint density at radius 2 is 1.84 bits per heavy atom. The normalized spacial score (nSPS) is 25.6. The van der Waals surface area contributed by atoms with Crippen molar-refractivity contribution in [2.45, 2.75) is 51.0 Å². The van der Waals surface area contributed by atoms with E-state index in [0.29, 0.717) is 18.1 Å². The van der Waals surface area contributed by atoms with Crippen LogP contribution < -0.4 is 0 Å². The number of aliphatic hydroxyl groups excluding tert-OH is 1. The Morgan fingerprint density at radius 3 is 2.42 bits per heavy atom. The second-order valence-electron chi connectivity index (χ2n) is 6.26. The number of halogens is 1. The molecule has 1 heterocycles. The molecule has 3 nitrogen and oxygen atoms in total. The van der Waals surface area contributed by atoms with Gasteiger partial charge in [-0.3, -0.25) is 0 Å². The maximum Gasteiger partial charge on any atom is 0.0701 e. The highest BCUT2D eigenvalue weighted by molar-refractivity contribution is 9.09. The van der Waals surface area contributed by atoms with Gasteiger partial charge in [0, 0.05) is 25.0 Å². The molecule has 0 radical (unpaired) electrons. The van der Waals surface area contributed by atoms with Crippen LogP contribution in [-0.2, 0) is 4.74 Å². The number of hydrogen-bond acceptors (Lipinski definition) is 3. The third-order valence-electron chi connectivity index (χ3n) is 4.74. The van der Waals surface area contributed by atoms with Crippen molar-refractivity contribution in [3.63, 3.8) is 0 Å². The monoisotopic (exact) mass is 333 g/mol. The second kappa shape index (κ2) is 7.96. The first-order chi connectivity index (χ1) is 9.28. The predicted molar refractivity (Wildman–Crippen MR) is 81.8 cm³/mol. The molecule has 0 aromatic carbocycles. The van der Waals surface area contributed by atoms with Crippen LogP contribution in [0.25, 0.3) is 0 Å². The van der Waals surface area contributed by atoms with E-state index >= 15 is 0 Å². The zero-order valence-corrected chi connectivity index (χ0v) is 13.5. The zero-order chi connectivity index (χ0) is 13.6. The highest BCUT2D eigenvalue weighted by Gasteiger charge is 2.34. The molecule has 112 valence electrons. The number of rotatable bonds is 6. The van der Waals surface area contributed by atoms with Crippen LogP contribution in [0, 0.1) is 5.41 Å². The van der Waals surface area contributed by atoms with Gasteiger partial charge in [-0.2, -0.15) is 0 Å². The molecule has 1 N–H and O–H groups in total. The first kappa shape index (κ1) is 15.7. The third-order valence-corrected chi connectivity index (χ3v) is 5.93. The molecule has 1 saturated carbocycles. The number of ether oxygens (including phenoxy) is 1. The van der Waals surface area contributed by atoms with Crippen LogP contribution in [-0.4, -0.2) is 54.3 Å². The minimum Gasteiger partial charge on any atom is -0.394 e. The SMILES string of the molecule is OCCOC1CCN(CC2(CBr)CCCCC2)CC1. The molecule has 4 heteroatoms. The summed E-state index contributed by atoms with van der Waals surface area (Å²) >= 11 is 3.76. The summed E-state index contributed by atoms with van der Waals surface area (Å²) in [6, 6.07) is 0. The van der Waals surface area contributed by atoms with E-state index in [2.05, 4.69) is 20.8 Å². The summed E-state index contributed by atoms with van der Waals surface area (Å²) in [6.45, 7) is 4.21. The molecule has 0 unspecified atom stereocenters. The third kappa shape index (κ3) is 4.69. The molecule has 1 saturated heterocycles. The summed E-state index contributed by atoms with van der Waals surface area (Å²) in [5.74, 6) is 0. The predicted octanol–water partition coefficient (Wildman–Crippen LogP) is 2.81. The lowest BCUT2D eigenvalue weighted by Gasteiger charge is -2.42. The lowest BCUT2D eigenvalue weighted by molar-refractivity contribution is -0.0157. The van der Waals surface area contributed by atoms with Gasteiger partial charge in [0.15, 0.2) is 0 Å². The van der Waals surface area contributed by atoms with Crippen molar-refractivity contribution in [2.24, 2.45) is 5.41 Å². The van der Waals surface area contributed by atoms with E-state index < -0.39 is 0 Å². The van der Waals surface area contributed by atoms with Crippen LogP contribution in [0.2, 0.25) is 0 Å². The van der Waals surface area contributed by atoms with Crippen molar-refractivity contribution in [1.29, 1.82) is 0 Å². The largest absolute Gasteiger partial charge is 0.394 e. The maximum atomic E-state index is 8.79. The molecule has 0 atom stereocenters. The molecule has 2 rings (SSSR count). The van der Waals surface area contributed by atoms with Gasteiger partial charge in [0.25, 0.3) is 0 Å². The second-order valence-corrected chi connectivity index (χ2v) is 6.82. The summed E-state index contributed by atoms with van der Waals surface area (Å²) in [4.78, 5) is 2.63. The number of hydrogen-bond donors (Lipinski definition) is 1. The molecule has 0 aromatic heterocycles. The Kier molecular flexibility index (Phi) is 6.60. The Bertz CT molecular complexity index is 249. The minimum absolute atomic E-state index is 0.146. The first-order valence-corrected chi connectivity index (χ1v) is 8.91.